The molecular weight excluding hydrogens is 182 g/mol. The standard InChI is InChI=1S/C2H6BrNO2S/c3-1-4-2-7(5)6/h4H,1-2H2,(H,5,6)/p-1. The molecule has 0 fully saturated rings. The summed E-state index contributed by atoms with van der Waals surface area (Å²) in [6.07, 6.45) is 0. The molecule has 0 radical (unpaired) electrons. The molecule has 0 amide bonds. The third-order valence-corrected chi connectivity index (χ3v) is 1.15. The van der Waals surface area contributed by atoms with E-state index in [-0.39, 0.29) is 5.88 Å². The van der Waals surface area contributed by atoms with Gasteiger partial charge in [0.25, 0.3) is 0 Å². The predicted molar refractivity (Wildman–Crippen MR) is 30.7 cm³/mol. The number of halogens is 1. The lowest BCUT2D eigenvalue weighted by molar-refractivity contribution is 0.533. The zero-order valence-corrected chi connectivity index (χ0v) is 5.92. The van der Waals surface area contributed by atoms with E-state index in [9.17, 15) is 8.76 Å². The van der Waals surface area contributed by atoms with Crippen molar-refractivity contribution in [2.24, 2.45) is 0 Å². The molecule has 0 saturated heterocycles. The molecule has 0 rings (SSSR count). The number of hydrogen-bond donors (Lipinski definition) is 1. The zero-order valence-electron chi connectivity index (χ0n) is 3.52. The topological polar surface area (TPSA) is 52.2 Å². The monoisotopic (exact) mass is 186 g/mol. The minimum Gasteiger partial charge on any atom is -0.771 e. The molecule has 0 aliphatic rings. The van der Waals surface area contributed by atoms with E-state index in [1.807, 2.05) is 0 Å². The number of alkyl halides is 1. The lowest BCUT2D eigenvalue weighted by Crippen LogP contribution is -2.16. The van der Waals surface area contributed by atoms with E-state index in [1.54, 1.807) is 0 Å². The Bertz CT molecular complexity index is 68.7. The third-order valence-electron chi connectivity index (χ3n) is 0.314. The van der Waals surface area contributed by atoms with Gasteiger partial charge in [-0.1, -0.05) is 15.9 Å². The molecule has 0 bridgehead atoms. The molecule has 0 saturated carbocycles. The van der Waals surface area contributed by atoms with E-state index in [2.05, 4.69) is 21.2 Å². The highest BCUT2D eigenvalue weighted by Crippen LogP contribution is 1.72. The lowest BCUT2D eigenvalue weighted by atomic mass is 11.3. The summed E-state index contributed by atoms with van der Waals surface area (Å²) in [4.78, 5) is 0. The Morgan fingerprint density at radius 1 is 1.86 bits per heavy atom. The Hall–Kier alpha value is 0.550. The van der Waals surface area contributed by atoms with E-state index in [4.69, 9.17) is 0 Å². The van der Waals surface area contributed by atoms with Crippen LogP contribution < -0.4 is 5.32 Å². The molecule has 0 aliphatic heterocycles. The maximum absolute atomic E-state index is 9.67. The third kappa shape index (κ3) is 6.55. The number of hydrogen-bond acceptors (Lipinski definition) is 3. The quantitative estimate of drug-likeness (QED) is 0.377. The van der Waals surface area contributed by atoms with Crippen LogP contribution in [0.2, 0.25) is 0 Å². The first-order valence-corrected chi connectivity index (χ1v) is 3.96. The van der Waals surface area contributed by atoms with Crippen molar-refractivity contribution in [3.8, 4) is 0 Å². The van der Waals surface area contributed by atoms with E-state index < -0.39 is 11.1 Å². The fourth-order valence-electron chi connectivity index (χ4n) is 0.122. The second-order valence-electron chi connectivity index (χ2n) is 0.832. The van der Waals surface area contributed by atoms with Crippen LogP contribution in [0.3, 0.4) is 0 Å². The van der Waals surface area contributed by atoms with Gasteiger partial charge in [0.1, 0.15) is 0 Å². The summed E-state index contributed by atoms with van der Waals surface area (Å²) < 4.78 is 19.3. The molecule has 0 aromatic heterocycles. The van der Waals surface area contributed by atoms with Gasteiger partial charge in [-0.2, -0.15) is 0 Å². The molecule has 0 aromatic rings. The summed E-state index contributed by atoms with van der Waals surface area (Å²) in [5.74, 6) is 0.0191. The van der Waals surface area contributed by atoms with Crippen molar-refractivity contribution in [1.82, 2.24) is 5.32 Å². The van der Waals surface area contributed by atoms with Crippen LogP contribution in [0, 0.1) is 0 Å². The van der Waals surface area contributed by atoms with E-state index in [0.29, 0.717) is 5.45 Å². The molecule has 0 heterocycles. The van der Waals surface area contributed by atoms with Gasteiger partial charge >= 0.3 is 0 Å². The van der Waals surface area contributed by atoms with Crippen LogP contribution >= 0.6 is 15.9 Å². The van der Waals surface area contributed by atoms with E-state index >= 15 is 0 Å². The molecule has 0 aliphatic carbocycles. The Morgan fingerprint density at radius 2 is 2.43 bits per heavy atom. The van der Waals surface area contributed by atoms with Crippen LogP contribution in [0.25, 0.3) is 0 Å². The normalized spacial score (nSPS) is 14.0. The SMILES string of the molecule is O=S([O-])CNCBr. The van der Waals surface area contributed by atoms with Crippen LogP contribution in [0.15, 0.2) is 0 Å². The summed E-state index contributed by atoms with van der Waals surface area (Å²) in [6.45, 7) is 0. The fraction of sp³-hybridized carbons (Fsp3) is 1.00. The highest BCUT2D eigenvalue weighted by Gasteiger charge is 1.76. The Morgan fingerprint density at radius 3 is 2.57 bits per heavy atom. The predicted octanol–water partition coefficient (Wildman–Crippen LogP) is -0.235. The van der Waals surface area contributed by atoms with Gasteiger partial charge in [-0.3, -0.25) is 9.53 Å². The van der Waals surface area contributed by atoms with Crippen LogP contribution in [-0.2, 0) is 11.1 Å². The van der Waals surface area contributed by atoms with Gasteiger partial charge < -0.3 is 4.55 Å². The Kier molecular flexibility index (Phi) is 5.07. The van der Waals surface area contributed by atoms with Crippen molar-refractivity contribution in [3.05, 3.63) is 0 Å². The number of nitrogens with one attached hydrogen (secondary N) is 1. The zero-order chi connectivity index (χ0) is 5.70. The fourth-order valence-corrected chi connectivity index (χ4v) is 0.851. The average Bonchev–Trinajstić information content (AvgIpc) is 1.61. The summed E-state index contributed by atoms with van der Waals surface area (Å²) in [5, 5.41) is 2.55. The summed E-state index contributed by atoms with van der Waals surface area (Å²) >= 11 is 1.04. The highest BCUT2D eigenvalue weighted by molar-refractivity contribution is 9.09. The smallest absolute Gasteiger partial charge is 0.0594 e. The average molecular weight is 187 g/mol. The van der Waals surface area contributed by atoms with Gasteiger partial charge in [0.2, 0.25) is 0 Å². The molecular formula is C2H5BrNO2S-. The lowest BCUT2D eigenvalue weighted by Gasteiger charge is -2.01. The molecule has 7 heavy (non-hydrogen) atoms. The molecule has 1 atom stereocenters. The van der Waals surface area contributed by atoms with E-state index in [1.165, 1.54) is 0 Å². The van der Waals surface area contributed by atoms with Crippen molar-refractivity contribution in [3.63, 3.8) is 0 Å². The molecule has 0 aromatic carbocycles. The first kappa shape index (κ1) is 7.55. The second kappa shape index (κ2) is 4.70. The van der Waals surface area contributed by atoms with Crippen molar-refractivity contribution >= 4 is 27.0 Å². The van der Waals surface area contributed by atoms with Gasteiger partial charge in [0.15, 0.2) is 0 Å². The van der Waals surface area contributed by atoms with Gasteiger partial charge in [0.05, 0.1) is 11.3 Å². The van der Waals surface area contributed by atoms with Crippen molar-refractivity contribution < 1.29 is 8.76 Å². The highest BCUT2D eigenvalue weighted by atomic mass is 79.9. The Balaban J connectivity index is 2.82. The summed E-state index contributed by atoms with van der Waals surface area (Å²) in [7, 11) is 0. The summed E-state index contributed by atoms with van der Waals surface area (Å²) in [6, 6.07) is 0. The molecule has 3 nitrogen and oxygen atoms in total. The van der Waals surface area contributed by atoms with Crippen molar-refractivity contribution in [2.75, 3.05) is 11.3 Å². The van der Waals surface area contributed by atoms with Gasteiger partial charge in [-0.05, 0) is 11.1 Å². The molecule has 5 heteroatoms. The first-order chi connectivity index (χ1) is 3.27. The molecule has 1 N–H and O–H groups in total. The number of rotatable bonds is 3. The molecule has 1 unspecified atom stereocenters. The molecule has 44 valence electrons. The Labute approximate surface area is 52.9 Å². The first-order valence-electron chi connectivity index (χ1n) is 1.60. The maximum atomic E-state index is 9.67. The van der Waals surface area contributed by atoms with Crippen LogP contribution in [0.4, 0.5) is 0 Å². The maximum Gasteiger partial charge on any atom is 0.0594 e. The van der Waals surface area contributed by atoms with Crippen molar-refractivity contribution in [2.45, 2.75) is 0 Å². The largest absolute Gasteiger partial charge is 0.771 e. The minimum atomic E-state index is -1.96. The summed E-state index contributed by atoms with van der Waals surface area (Å²) in [5.41, 5.74) is 0.515. The van der Waals surface area contributed by atoms with Gasteiger partial charge in [0, 0.05) is 0 Å². The van der Waals surface area contributed by atoms with Crippen molar-refractivity contribution in [1.29, 1.82) is 0 Å². The molecule has 0 spiro atoms. The second-order valence-corrected chi connectivity index (χ2v) is 2.29. The van der Waals surface area contributed by atoms with Crippen LogP contribution in [-0.4, -0.2) is 20.1 Å². The minimum absolute atomic E-state index is 0.0191. The van der Waals surface area contributed by atoms with E-state index in [0.717, 1.165) is 0 Å². The van der Waals surface area contributed by atoms with Crippen LogP contribution in [0.5, 0.6) is 0 Å². The van der Waals surface area contributed by atoms with Gasteiger partial charge in [-0.25, -0.2) is 0 Å². The van der Waals surface area contributed by atoms with Gasteiger partial charge in [-0.15, -0.1) is 0 Å². The van der Waals surface area contributed by atoms with Crippen LogP contribution in [0.1, 0.15) is 0 Å².